The van der Waals surface area contributed by atoms with E-state index >= 15 is 0 Å². The van der Waals surface area contributed by atoms with Gasteiger partial charge in [-0.25, -0.2) is 0 Å². The molecule has 4 nitrogen and oxygen atoms in total. The number of nitrogens with one attached hydrogen (secondary N) is 2. The van der Waals surface area contributed by atoms with Gasteiger partial charge in [-0.1, -0.05) is 12.1 Å². The maximum atomic E-state index is 11.7. The lowest BCUT2D eigenvalue weighted by molar-refractivity contribution is -0.115. The molecule has 2 rings (SSSR count). The Bertz CT molecular complexity index is 422. The van der Waals surface area contributed by atoms with Crippen molar-refractivity contribution < 1.29 is 9.53 Å². The van der Waals surface area contributed by atoms with Crippen molar-refractivity contribution in [1.29, 1.82) is 0 Å². The van der Waals surface area contributed by atoms with E-state index in [9.17, 15) is 4.79 Å². The second-order valence-corrected chi connectivity index (χ2v) is 5.58. The normalized spacial score (nSPS) is 14.4. The van der Waals surface area contributed by atoms with E-state index in [0.717, 1.165) is 22.7 Å². The van der Waals surface area contributed by atoms with Crippen molar-refractivity contribution in [3.63, 3.8) is 0 Å². The molecule has 104 valence electrons. The lowest BCUT2D eigenvalue weighted by Gasteiger charge is -2.08. The van der Waals surface area contributed by atoms with E-state index in [0.29, 0.717) is 19.7 Å². The summed E-state index contributed by atoms with van der Waals surface area (Å²) in [7, 11) is 0. The number of ether oxygens (including phenoxy) is 1. The summed E-state index contributed by atoms with van der Waals surface area (Å²) in [6.07, 6.45) is 2.61. The number of amides is 1. The van der Waals surface area contributed by atoms with Crippen molar-refractivity contribution in [3.8, 4) is 0 Å². The summed E-state index contributed by atoms with van der Waals surface area (Å²) in [5.74, 6) is 0.743. The Hall–Kier alpha value is -0.910. The predicted octanol–water partition coefficient (Wildman–Crippen LogP) is 2.40. The SMILES string of the molecule is O=C(CNCCOCC1CC1)Nc1ccccc1Br. The molecule has 0 saturated heterocycles. The van der Waals surface area contributed by atoms with Gasteiger partial charge in [-0.2, -0.15) is 0 Å². The van der Waals surface area contributed by atoms with Crippen molar-refractivity contribution in [2.24, 2.45) is 5.92 Å². The Labute approximate surface area is 122 Å². The van der Waals surface area contributed by atoms with E-state index in [1.165, 1.54) is 12.8 Å². The third-order valence-electron chi connectivity index (χ3n) is 2.91. The van der Waals surface area contributed by atoms with Gasteiger partial charge in [-0.3, -0.25) is 4.79 Å². The Morgan fingerprint density at radius 1 is 1.37 bits per heavy atom. The van der Waals surface area contributed by atoms with Crippen molar-refractivity contribution in [2.45, 2.75) is 12.8 Å². The molecular formula is C14H19BrN2O2. The van der Waals surface area contributed by atoms with Crippen LogP contribution in [0.4, 0.5) is 5.69 Å². The van der Waals surface area contributed by atoms with E-state index in [2.05, 4.69) is 26.6 Å². The molecule has 1 fully saturated rings. The van der Waals surface area contributed by atoms with E-state index in [1.54, 1.807) is 0 Å². The molecule has 0 aliphatic heterocycles. The first kappa shape index (κ1) is 14.5. The standard InChI is InChI=1S/C14H19BrN2O2/c15-12-3-1-2-4-13(12)17-14(18)9-16-7-8-19-10-11-5-6-11/h1-4,11,16H,5-10H2,(H,17,18). The van der Waals surface area contributed by atoms with Crippen molar-refractivity contribution in [3.05, 3.63) is 28.7 Å². The summed E-state index contributed by atoms with van der Waals surface area (Å²) >= 11 is 3.39. The average molecular weight is 327 g/mol. The van der Waals surface area contributed by atoms with Crippen LogP contribution in [0.1, 0.15) is 12.8 Å². The first-order chi connectivity index (χ1) is 9.25. The molecule has 2 N–H and O–H groups in total. The number of para-hydroxylation sites is 1. The summed E-state index contributed by atoms with van der Waals surface area (Å²) in [5, 5.41) is 5.91. The molecule has 0 atom stereocenters. The van der Waals surface area contributed by atoms with Gasteiger partial charge in [0.1, 0.15) is 0 Å². The third kappa shape index (κ3) is 5.72. The number of benzene rings is 1. The molecule has 1 amide bonds. The molecule has 0 aromatic heterocycles. The monoisotopic (exact) mass is 326 g/mol. The van der Waals surface area contributed by atoms with Crippen LogP contribution in [0.3, 0.4) is 0 Å². The second kappa shape index (κ2) is 7.62. The van der Waals surface area contributed by atoms with Gasteiger partial charge in [0.25, 0.3) is 0 Å². The van der Waals surface area contributed by atoms with E-state index in [4.69, 9.17) is 4.74 Å². The third-order valence-corrected chi connectivity index (χ3v) is 3.60. The fourth-order valence-electron chi connectivity index (χ4n) is 1.64. The summed E-state index contributed by atoms with van der Waals surface area (Å²) in [6.45, 7) is 2.54. The molecule has 0 radical (unpaired) electrons. The topological polar surface area (TPSA) is 50.4 Å². The predicted molar refractivity (Wildman–Crippen MR) is 79.2 cm³/mol. The van der Waals surface area contributed by atoms with E-state index in [-0.39, 0.29) is 5.91 Å². The number of anilines is 1. The molecule has 1 aromatic carbocycles. The number of hydrogen-bond acceptors (Lipinski definition) is 3. The summed E-state index contributed by atoms with van der Waals surface area (Å²) in [4.78, 5) is 11.7. The molecular weight excluding hydrogens is 308 g/mol. The molecule has 1 aromatic rings. The highest BCUT2D eigenvalue weighted by Crippen LogP contribution is 2.28. The van der Waals surface area contributed by atoms with Crippen LogP contribution in [0.5, 0.6) is 0 Å². The highest BCUT2D eigenvalue weighted by Gasteiger charge is 2.20. The van der Waals surface area contributed by atoms with Gasteiger partial charge in [0.05, 0.1) is 18.8 Å². The fraction of sp³-hybridized carbons (Fsp3) is 0.500. The Morgan fingerprint density at radius 2 is 2.16 bits per heavy atom. The van der Waals surface area contributed by atoms with Crippen LogP contribution in [0.15, 0.2) is 28.7 Å². The van der Waals surface area contributed by atoms with Gasteiger partial charge in [-0.15, -0.1) is 0 Å². The first-order valence-corrected chi connectivity index (χ1v) is 7.38. The minimum absolute atomic E-state index is 0.0471. The number of carbonyl (C=O) groups is 1. The number of halogens is 1. The minimum Gasteiger partial charge on any atom is -0.380 e. The molecule has 19 heavy (non-hydrogen) atoms. The Balaban J connectivity index is 1.55. The number of rotatable bonds is 8. The zero-order valence-electron chi connectivity index (χ0n) is 10.8. The van der Waals surface area contributed by atoms with Crippen LogP contribution < -0.4 is 10.6 Å². The molecule has 0 bridgehead atoms. The van der Waals surface area contributed by atoms with Gasteiger partial charge in [0.2, 0.25) is 5.91 Å². The Kier molecular flexibility index (Phi) is 5.82. The van der Waals surface area contributed by atoms with Crippen LogP contribution >= 0.6 is 15.9 Å². The maximum absolute atomic E-state index is 11.7. The summed E-state index contributed by atoms with van der Waals surface area (Å²) in [5.41, 5.74) is 0.791. The van der Waals surface area contributed by atoms with Crippen LogP contribution in [-0.2, 0) is 9.53 Å². The maximum Gasteiger partial charge on any atom is 0.238 e. The average Bonchev–Trinajstić information content (AvgIpc) is 3.20. The first-order valence-electron chi connectivity index (χ1n) is 6.58. The quantitative estimate of drug-likeness (QED) is 0.721. The van der Waals surface area contributed by atoms with Crippen LogP contribution in [0.25, 0.3) is 0 Å². The Morgan fingerprint density at radius 3 is 2.89 bits per heavy atom. The van der Waals surface area contributed by atoms with Crippen LogP contribution in [-0.4, -0.2) is 32.2 Å². The smallest absolute Gasteiger partial charge is 0.238 e. The van der Waals surface area contributed by atoms with Crippen molar-refractivity contribution in [2.75, 3.05) is 31.6 Å². The fourth-order valence-corrected chi connectivity index (χ4v) is 2.02. The van der Waals surface area contributed by atoms with Crippen LogP contribution in [0, 0.1) is 5.92 Å². The zero-order valence-corrected chi connectivity index (χ0v) is 12.4. The van der Waals surface area contributed by atoms with Crippen LogP contribution in [0.2, 0.25) is 0 Å². The molecule has 1 aliphatic carbocycles. The lowest BCUT2D eigenvalue weighted by Crippen LogP contribution is -2.30. The second-order valence-electron chi connectivity index (χ2n) is 4.72. The highest BCUT2D eigenvalue weighted by molar-refractivity contribution is 9.10. The number of carbonyl (C=O) groups excluding carboxylic acids is 1. The van der Waals surface area contributed by atoms with Gasteiger partial charge in [0.15, 0.2) is 0 Å². The lowest BCUT2D eigenvalue weighted by atomic mass is 10.3. The van der Waals surface area contributed by atoms with E-state index in [1.807, 2.05) is 24.3 Å². The van der Waals surface area contributed by atoms with Gasteiger partial charge < -0.3 is 15.4 Å². The minimum atomic E-state index is -0.0471. The van der Waals surface area contributed by atoms with E-state index < -0.39 is 0 Å². The molecule has 1 aliphatic rings. The summed E-state index contributed by atoms with van der Waals surface area (Å²) < 4.78 is 6.36. The highest BCUT2D eigenvalue weighted by atomic mass is 79.9. The molecule has 0 heterocycles. The van der Waals surface area contributed by atoms with Crippen molar-refractivity contribution in [1.82, 2.24) is 5.32 Å². The molecule has 1 saturated carbocycles. The van der Waals surface area contributed by atoms with Crippen molar-refractivity contribution >= 4 is 27.5 Å². The molecule has 0 unspecified atom stereocenters. The van der Waals surface area contributed by atoms with Gasteiger partial charge in [0, 0.05) is 17.6 Å². The van der Waals surface area contributed by atoms with Gasteiger partial charge >= 0.3 is 0 Å². The zero-order chi connectivity index (χ0) is 13.5. The molecule has 5 heteroatoms. The van der Waals surface area contributed by atoms with Gasteiger partial charge in [-0.05, 0) is 46.8 Å². The number of hydrogen-bond donors (Lipinski definition) is 2. The summed E-state index contributed by atoms with van der Waals surface area (Å²) in [6, 6.07) is 7.56. The molecule has 0 spiro atoms. The largest absolute Gasteiger partial charge is 0.380 e.